The van der Waals surface area contributed by atoms with E-state index >= 15 is 0 Å². The topological polar surface area (TPSA) is 84.2 Å². The summed E-state index contributed by atoms with van der Waals surface area (Å²) in [6, 6.07) is 10.9. The predicted octanol–water partition coefficient (Wildman–Crippen LogP) is 5.01. The molecule has 0 radical (unpaired) electrons. The summed E-state index contributed by atoms with van der Waals surface area (Å²) in [5.74, 6) is -1.74. The fourth-order valence-corrected chi connectivity index (χ4v) is 3.43. The lowest BCUT2D eigenvalue weighted by molar-refractivity contribution is -0.138. The maximum Gasteiger partial charge on any atom is 0.325 e. The van der Waals surface area contributed by atoms with Crippen LogP contribution in [0.5, 0.6) is 0 Å². The number of rotatable bonds is 5. The van der Waals surface area contributed by atoms with E-state index < -0.39 is 17.9 Å². The number of amides is 1. The number of benzene rings is 2. The minimum absolute atomic E-state index is 0.0917. The van der Waals surface area contributed by atoms with Gasteiger partial charge in [-0.1, -0.05) is 46.9 Å². The van der Waals surface area contributed by atoms with Crippen molar-refractivity contribution < 1.29 is 14.7 Å². The summed E-state index contributed by atoms with van der Waals surface area (Å²) in [7, 11) is 0. The van der Waals surface area contributed by atoms with E-state index in [0.717, 1.165) is 5.56 Å². The smallest absolute Gasteiger partial charge is 0.325 e. The van der Waals surface area contributed by atoms with Gasteiger partial charge < -0.3 is 10.4 Å². The maximum atomic E-state index is 12.7. The van der Waals surface area contributed by atoms with Crippen LogP contribution in [0.25, 0.3) is 16.9 Å². The molecule has 3 rings (SSSR count). The van der Waals surface area contributed by atoms with E-state index in [0.29, 0.717) is 32.0 Å². The Morgan fingerprint density at radius 2 is 1.69 bits per heavy atom. The zero-order valence-electron chi connectivity index (χ0n) is 15.4. The molecule has 2 aromatic carbocycles. The van der Waals surface area contributed by atoms with Crippen LogP contribution in [0, 0.1) is 6.92 Å². The number of hydrogen-bond acceptors (Lipinski definition) is 3. The van der Waals surface area contributed by atoms with Gasteiger partial charge in [0.1, 0.15) is 6.04 Å². The average molecular weight is 453 g/mol. The van der Waals surface area contributed by atoms with Gasteiger partial charge in [0.2, 0.25) is 0 Å². The third-order valence-corrected chi connectivity index (χ3v) is 5.10. The van der Waals surface area contributed by atoms with Crippen LogP contribution in [-0.4, -0.2) is 32.8 Å². The number of aliphatic carboxylic acids is 1. The van der Waals surface area contributed by atoms with Crippen molar-refractivity contribution in [3.8, 4) is 16.9 Å². The minimum atomic E-state index is -1.14. The quantitative estimate of drug-likeness (QED) is 0.570. The van der Waals surface area contributed by atoms with Crippen LogP contribution in [0.2, 0.25) is 15.1 Å². The molecule has 0 saturated carbocycles. The molecule has 150 valence electrons. The van der Waals surface area contributed by atoms with Gasteiger partial charge in [-0.15, -0.1) is 0 Å². The number of nitrogens with one attached hydrogen (secondary N) is 1. The summed E-state index contributed by atoms with van der Waals surface area (Å²) < 4.78 is 1.54. The second-order valence-electron chi connectivity index (χ2n) is 6.37. The number of hydrogen-bond donors (Lipinski definition) is 2. The van der Waals surface area contributed by atoms with Gasteiger partial charge in [-0.3, -0.25) is 9.59 Å². The van der Waals surface area contributed by atoms with Crippen molar-refractivity contribution in [2.45, 2.75) is 19.9 Å². The number of carbonyl (C=O) groups is 2. The van der Waals surface area contributed by atoms with Gasteiger partial charge in [0, 0.05) is 21.2 Å². The summed E-state index contributed by atoms with van der Waals surface area (Å²) in [4.78, 5) is 23.8. The van der Waals surface area contributed by atoms with Crippen molar-refractivity contribution in [2.24, 2.45) is 0 Å². The first-order valence-corrected chi connectivity index (χ1v) is 9.67. The third-order valence-electron chi connectivity index (χ3n) is 4.31. The lowest BCUT2D eigenvalue weighted by Gasteiger charge is -2.11. The molecular weight excluding hydrogens is 437 g/mol. The molecule has 0 aliphatic rings. The lowest BCUT2D eigenvalue weighted by Crippen LogP contribution is -2.38. The Kier molecular flexibility index (Phi) is 6.17. The lowest BCUT2D eigenvalue weighted by atomic mass is 10.1. The molecule has 0 saturated heterocycles. The van der Waals surface area contributed by atoms with Crippen molar-refractivity contribution in [1.29, 1.82) is 0 Å². The SMILES string of the molecule is Cc1c(C(=O)NC(C)C(=O)O)nn(-c2ccc(Cl)cc2Cl)c1-c1ccc(Cl)cc1. The predicted molar refractivity (Wildman–Crippen MR) is 113 cm³/mol. The maximum absolute atomic E-state index is 12.7. The molecule has 3 aromatic rings. The van der Waals surface area contributed by atoms with Gasteiger partial charge >= 0.3 is 5.97 Å². The largest absolute Gasteiger partial charge is 0.480 e. The van der Waals surface area contributed by atoms with Crippen LogP contribution >= 0.6 is 34.8 Å². The van der Waals surface area contributed by atoms with Crippen LogP contribution < -0.4 is 5.32 Å². The number of halogens is 3. The summed E-state index contributed by atoms with van der Waals surface area (Å²) in [5, 5.41) is 17.3. The van der Waals surface area contributed by atoms with E-state index in [1.54, 1.807) is 49.4 Å². The van der Waals surface area contributed by atoms with Crippen LogP contribution in [0.3, 0.4) is 0 Å². The molecule has 0 aliphatic heterocycles. The zero-order chi connectivity index (χ0) is 21.3. The number of aromatic nitrogens is 2. The van der Waals surface area contributed by atoms with Crippen LogP contribution in [-0.2, 0) is 4.79 Å². The second-order valence-corrected chi connectivity index (χ2v) is 7.65. The zero-order valence-corrected chi connectivity index (χ0v) is 17.7. The molecule has 2 N–H and O–H groups in total. The molecule has 9 heteroatoms. The number of carbonyl (C=O) groups excluding carboxylic acids is 1. The Hall–Kier alpha value is -2.54. The number of nitrogens with zero attached hydrogens (tertiary/aromatic N) is 2. The van der Waals surface area contributed by atoms with Gasteiger partial charge in [0.05, 0.1) is 16.4 Å². The van der Waals surface area contributed by atoms with E-state index in [-0.39, 0.29) is 5.69 Å². The van der Waals surface area contributed by atoms with Gasteiger partial charge in [-0.25, -0.2) is 4.68 Å². The Morgan fingerprint density at radius 3 is 2.28 bits per heavy atom. The third kappa shape index (κ3) is 4.40. The van der Waals surface area contributed by atoms with Crippen LogP contribution in [0.1, 0.15) is 23.0 Å². The second kappa shape index (κ2) is 8.45. The van der Waals surface area contributed by atoms with Crippen molar-refractivity contribution in [3.05, 3.63) is 68.8 Å². The van der Waals surface area contributed by atoms with Crippen LogP contribution in [0.4, 0.5) is 0 Å². The molecule has 1 heterocycles. The Morgan fingerprint density at radius 1 is 1.07 bits per heavy atom. The molecule has 0 bridgehead atoms. The van der Waals surface area contributed by atoms with E-state index in [1.807, 2.05) is 0 Å². The summed E-state index contributed by atoms with van der Waals surface area (Å²) in [6.45, 7) is 3.11. The number of carboxylic acids is 1. The highest BCUT2D eigenvalue weighted by Crippen LogP contribution is 2.33. The van der Waals surface area contributed by atoms with E-state index in [1.165, 1.54) is 11.6 Å². The summed E-state index contributed by atoms with van der Waals surface area (Å²) in [6.07, 6.45) is 0. The first-order chi connectivity index (χ1) is 13.7. The first-order valence-electron chi connectivity index (χ1n) is 8.53. The Labute approximate surface area is 182 Å². The van der Waals surface area contributed by atoms with Gasteiger partial charge in [-0.2, -0.15) is 5.10 Å². The Balaban J connectivity index is 2.19. The monoisotopic (exact) mass is 451 g/mol. The van der Waals surface area contributed by atoms with Gasteiger partial charge in [-0.05, 0) is 44.2 Å². The van der Waals surface area contributed by atoms with E-state index in [4.69, 9.17) is 39.9 Å². The highest BCUT2D eigenvalue weighted by Gasteiger charge is 2.25. The van der Waals surface area contributed by atoms with E-state index in [2.05, 4.69) is 10.4 Å². The van der Waals surface area contributed by atoms with Gasteiger partial charge in [0.25, 0.3) is 5.91 Å². The molecular formula is C20H16Cl3N3O3. The minimum Gasteiger partial charge on any atom is -0.480 e. The molecule has 1 aromatic heterocycles. The molecule has 0 fully saturated rings. The normalized spacial score (nSPS) is 11.9. The van der Waals surface area contributed by atoms with Crippen molar-refractivity contribution in [1.82, 2.24) is 15.1 Å². The summed E-state index contributed by atoms with van der Waals surface area (Å²) >= 11 is 18.4. The first kappa shape index (κ1) is 21.2. The van der Waals surface area contributed by atoms with E-state index in [9.17, 15) is 9.59 Å². The molecule has 1 atom stereocenters. The van der Waals surface area contributed by atoms with Crippen molar-refractivity contribution in [3.63, 3.8) is 0 Å². The molecule has 6 nitrogen and oxygen atoms in total. The molecule has 0 spiro atoms. The van der Waals surface area contributed by atoms with Crippen LogP contribution in [0.15, 0.2) is 42.5 Å². The molecule has 1 unspecified atom stereocenters. The fraction of sp³-hybridized carbons (Fsp3) is 0.150. The average Bonchev–Trinajstić information content (AvgIpc) is 2.99. The number of carboxylic acid groups (broad SMARTS) is 1. The summed E-state index contributed by atoms with van der Waals surface area (Å²) in [5.41, 5.74) is 2.56. The molecule has 1 amide bonds. The molecule has 29 heavy (non-hydrogen) atoms. The van der Waals surface area contributed by atoms with Crippen molar-refractivity contribution >= 4 is 46.7 Å². The molecule has 0 aliphatic carbocycles. The van der Waals surface area contributed by atoms with Gasteiger partial charge in [0.15, 0.2) is 5.69 Å². The Bertz CT molecular complexity index is 1090. The highest BCUT2D eigenvalue weighted by molar-refractivity contribution is 6.35. The van der Waals surface area contributed by atoms with Crippen molar-refractivity contribution in [2.75, 3.05) is 0 Å². The standard InChI is InChI=1S/C20H16Cl3N3O3/c1-10-17(19(27)24-11(2)20(28)29)25-26(16-8-7-14(22)9-15(16)23)18(10)12-3-5-13(21)6-4-12/h3-9,11H,1-2H3,(H,24,27)(H,28,29). The fourth-order valence-electron chi connectivity index (χ4n) is 2.81. The highest BCUT2D eigenvalue weighted by atomic mass is 35.5.